The molecule has 0 fully saturated rings. The Kier molecular flexibility index (Phi) is 6.37. The molecular weight excluding hydrogens is 194 g/mol. The van der Waals surface area contributed by atoms with Gasteiger partial charge in [0, 0.05) is 4.88 Å². The fourth-order valence-electron chi connectivity index (χ4n) is 0.828. The fraction of sp³-hybridized carbons (Fsp3) is 0.636. The van der Waals surface area contributed by atoms with Crippen molar-refractivity contribution in [2.24, 2.45) is 0 Å². The van der Waals surface area contributed by atoms with Crippen LogP contribution in [0, 0.1) is 13.8 Å². The van der Waals surface area contributed by atoms with Crippen molar-refractivity contribution in [2.45, 2.75) is 47.5 Å². The number of aromatic nitrogens is 1. The normalized spacial score (nSPS) is 9.21. The van der Waals surface area contributed by atoms with Gasteiger partial charge in [0.25, 0.3) is 0 Å². The van der Waals surface area contributed by atoms with Crippen molar-refractivity contribution in [3.8, 4) is 0 Å². The zero-order chi connectivity index (χ0) is 11.1. The number of hydrogen-bond acceptors (Lipinski definition) is 3. The molecule has 1 aromatic rings. The third-order valence-corrected chi connectivity index (χ3v) is 2.55. The van der Waals surface area contributed by atoms with Gasteiger partial charge in [0.2, 0.25) is 0 Å². The van der Waals surface area contributed by atoms with E-state index in [0.29, 0.717) is 6.42 Å². The summed E-state index contributed by atoms with van der Waals surface area (Å²) in [5.41, 5.74) is 1.05. The maximum atomic E-state index is 10.7. The first-order valence-corrected chi connectivity index (χ1v) is 5.75. The van der Waals surface area contributed by atoms with E-state index in [9.17, 15) is 4.79 Å². The first-order chi connectivity index (χ1) is 6.51. The molecular formula is C11H19NOS. The molecule has 0 radical (unpaired) electrons. The summed E-state index contributed by atoms with van der Waals surface area (Å²) in [5, 5.41) is 0.938. The highest BCUT2D eigenvalue weighted by molar-refractivity contribution is 7.11. The molecule has 14 heavy (non-hydrogen) atoms. The minimum Gasteiger partial charge on any atom is -0.300 e. The minimum absolute atomic E-state index is 0.179. The lowest BCUT2D eigenvalue weighted by atomic mass is 10.3. The van der Waals surface area contributed by atoms with Crippen LogP contribution in [0.25, 0.3) is 0 Å². The Morgan fingerprint density at radius 2 is 1.86 bits per heavy atom. The molecule has 0 amide bonds. The molecule has 1 aromatic heterocycles. The second-order valence-corrected chi connectivity index (χ2v) is 4.62. The third kappa shape index (κ3) is 5.12. The Bertz CT molecular complexity index is 272. The van der Waals surface area contributed by atoms with Gasteiger partial charge in [-0.1, -0.05) is 20.3 Å². The van der Waals surface area contributed by atoms with E-state index >= 15 is 0 Å². The van der Waals surface area contributed by atoms with Crippen molar-refractivity contribution >= 4 is 17.1 Å². The zero-order valence-corrected chi connectivity index (χ0v) is 10.5. The Labute approximate surface area is 90.4 Å². The molecule has 0 aliphatic carbocycles. The van der Waals surface area contributed by atoms with Crippen LogP contribution in [0.5, 0.6) is 0 Å². The number of rotatable bonds is 2. The highest BCUT2D eigenvalue weighted by Crippen LogP contribution is 2.16. The number of aryl methyl sites for hydroxylation is 2. The first kappa shape index (κ1) is 13.3. The predicted octanol–water partition coefficient (Wildman–Crippen LogP) is 3.31. The van der Waals surface area contributed by atoms with Gasteiger partial charge in [-0.3, -0.25) is 4.79 Å². The van der Waals surface area contributed by atoms with Gasteiger partial charge in [0.05, 0.1) is 12.1 Å². The molecule has 0 aliphatic heterocycles. The summed E-state index contributed by atoms with van der Waals surface area (Å²) in [5.74, 6) is 0.179. The molecule has 0 atom stereocenters. The van der Waals surface area contributed by atoms with Crippen molar-refractivity contribution in [3.63, 3.8) is 0 Å². The van der Waals surface area contributed by atoms with Crippen LogP contribution in [-0.4, -0.2) is 10.8 Å². The van der Waals surface area contributed by atoms with E-state index in [-0.39, 0.29) is 5.78 Å². The van der Waals surface area contributed by atoms with E-state index in [1.165, 1.54) is 11.3 Å². The van der Waals surface area contributed by atoms with E-state index in [1.807, 2.05) is 13.8 Å². The summed E-state index contributed by atoms with van der Waals surface area (Å²) in [7, 11) is 0. The summed E-state index contributed by atoms with van der Waals surface area (Å²) in [4.78, 5) is 16.2. The number of hydrogen-bond donors (Lipinski definition) is 0. The summed E-state index contributed by atoms with van der Waals surface area (Å²) in [6.07, 6.45) is 1.74. The monoisotopic (exact) mass is 213 g/mol. The Morgan fingerprint density at radius 1 is 1.36 bits per heavy atom. The minimum atomic E-state index is 0.179. The fourth-order valence-corrected chi connectivity index (χ4v) is 1.83. The average Bonchev–Trinajstić information content (AvgIpc) is 2.30. The van der Waals surface area contributed by atoms with Crippen molar-refractivity contribution in [1.29, 1.82) is 0 Å². The lowest BCUT2D eigenvalue weighted by Crippen LogP contribution is -1.94. The molecule has 0 spiro atoms. The molecule has 0 bridgehead atoms. The van der Waals surface area contributed by atoms with E-state index in [2.05, 4.69) is 18.8 Å². The lowest BCUT2D eigenvalue weighted by molar-refractivity contribution is -0.116. The van der Waals surface area contributed by atoms with Gasteiger partial charge in [-0.2, -0.15) is 0 Å². The maximum Gasteiger partial charge on any atom is 0.136 e. The highest BCUT2D eigenvalue weighted by atomic mass is 32.1. The smallest absolute Gasteiger partial charge is 0.136 e. The van der Waals surface area contributed by atoms with Crippen molar-refractivity contribution in [1.82, 2.24) is 4.98 Å². The van der Waals surface area contributed by atoms with Crippen LogP contribution in [-0.2, 0) is 11.2 Å². The van der Waals surface area contributed by atoms with Gasteiger partial charge < -0.3 is 0 Å². The summed E-state index contributed by atoms with van der Waals surface area (Å²) in [6, 6.07) is 0. The number of Topliss-reactive ketones (excluding diaryl/α,β-unsaturated/α-hetero) is 1. The van der Waals surface area contributed by atoms with Crippen LogP contribution in [0.4, 0.5) is 0 Å². The van der Waals surface area contributed by atoms with Crippen LogP contribution in [0.1, 0.15) is 42.8 Å². The highest BCUT2D eigenvalue weighted by Gasteiger charge is 2.04. The predicted molar refractivity (Wildman–Crippen MR) is 61.9 cm³/mol. The van der Waals surface area contributed by atoms with Gasteiger partial charge >= 0.3 is 0 Å². The SMILES string of the molecule is CC(=O)Cc1nc(C)c(C)s1.CCC. The number of nitrogens with zero attached hydrogens (tertiary/aromatic N) is 1. The van der Waals surface area contributed by atoms with E-state index < -0.39 is 0 Å². The lowest BCUT2D eigenvalue weighted by Gasteiger charge is -1.85. The van der Waals surface area contributed by atoms with Crippen LogP contribution in [0.3, 0.4) is 0 Å². The molecule has 0 saturated heterocycles. The Morgan fingerprint density at radius 3 is 2.14 bits per heavy atom. The Hall–Kier alpha value is -0.700. The molecule has 1 rings (SSSR count). The van der Waals surface area contributed by atoms with Gasteiger partial charge in [0.15, 0.2) is 0 Å². The van der Waals surface area contributed by atoms with E-state index in [1.54, 1.807) is 18.3 Å². The van der Waals surface area contributed by atoms with Crippen molar-refractivity contribution < 1.29 is 4.79 Å². The van der Waals surface area contributed by atoms with Crippen LogP contribution >= 0.6 is 11.3 Å². The molecule has 2 nitrogen and oxygen atoms in total. The molecule has 0 aliphatic rings. The van der Waals surface area contributed by atoms with E-state index in [4.69, 9.17) is 0 Å². The van der Waals surface area contributed by atoms with Gasteiger partial charge in [0.1, 0.15) is 10.8 Å². The van der Waals surface area contributed by atoms with Crippen LogP contribution in [0.15, 0.2) is 0 Å². The van der Waals surface area contributed by atoms with E-state index in [0.717, 1.165) is 10.7 Å². The largest absolute Gasteiger partial charge is 0.300 e. The molecule has 0 unspecified atom stereocenters. The average molecular weight is 213 g/mol. The molecule has 3 heteroatoms. The van der Waals surface area contributed by atoms with Gasteiger partial charge in [-0.05, 0) is 20.8 Å². The molecule has 1 heterocycles. The number of carbonyl (C=O) groups is 1. The number of carbonyl (C=O) groups excluding carboxylic acids is 1. The summed E-state index contributed by atoms with van der Waals surface area (Å²) < 4.78 is 0. The topological polar surface area (TPSA) is 30.0 Å². The molecule has 0 aromatic carbocycles. The quantitative estimate of drug-likeness (QED) is 0.754. The maximum absolute atomic E-state index is 10.7. The summed E-state index contributed by atoms with van der Waals surface area (Å²) in [6.45, 7) is 9.83. The number of thiazole rings is 1. The van der Waals surface area contributed by atoms with Crippen LogP contribution < -0.4 is 0 Å². The molecule has 0 N–H and O–H groups in total. The molecule has 0 saturated carbocycles. The second kappa shape index (κ2) is 6.71. The van der Waals surface area contributed by atoms with Crippen molar-refractivity contribution in [2.75, 3.05) is 0 Å². The summed E-state index contributed by atoms with van der Waals surface area (Å²) >= 11 is 1.61. The standard InChI is InChI=1S/C8H11NOS.C3H8/c1-5(10)4-8-9-6(2)7(3)11-8;1-3-2/h4H2,1-3H3;3H2,1-2H3. The first-order valence-electron chi connectivity index (χ1n) is 4.93. The Balaban J connectivity index is 0.000000500. The van der Waals surface area contributed by atoms with Crippen LogP contribution in [0.2, 0.25) is 0 Å². The van der Waals surface area contributed by atoms with Gasteiger partial charge in [-0.25, -0.2) is 4.98 Å². The van der Waals surface area contributed by atoms with Crippen molar-refractivity contribution in [3.05, 3.63) is 15.6 Å². The zero-order valence-electron chi connectivity index (χ0n) is 9.68. The second-order valence-electron chi connectivity index (χ2n) is 3.34. The molecule has 80 valence electrons. The van der Waals surface area contributed by atoms with Gasteiger partial charge in [-0.15, -0.1) is 11.3 Å². The third-order valence-electron chi connectivity index (χ3n) is 1.47. The number of ketones is 1.